The van der Waals surface area contributed by atoms with Crippen LogP contribution in [0.5, 0.6) is 0 Å². The highest BCUT2D eigenvalue weighted by molar-refractivity contribution is 5.67. The smallest absolute Gasteiger partial charge is 0.409 e. The molecule has 0 atom stereocenters. The maximum Gasteiger partial charge on any atom is 0.409 e. The number of hydrogen-bond acceptors (Lipinski definition) is 2. The van der Waals surface area contributed by atoms with Crippen LogP contribution in [0.3, 0.4) is 0 Å². The van der Waals surface area contributed by atoms with Crippen molar-refractivity contribution in [1.29, 1.82) is 0 Å². The molecule has 0 aliphatic heterocycles. The molecule has 3 nitrogen and oxygen atoms in total. The highest BCUT2D eigenvalue weighted by Crippen LogP contribution is 2.19. The fourth-order valence-electron chi connectivity index (χ4n) is 2.04. The lowest BCUT2D eigenvalue weighted by molar-refractivity contribution is 0.134. The maximum atomic E-state index is 11.3. The Bertz CT molecular complexity index is 549. The monoisotopic (exact) mass is 269 g/mol. The van der Waals surface area contributed by atoms with E-state index in [1.807, 2.05) is 18.2 Å². The van der Waals surface area contributed by atoms with E-state index in [1.165, 1.54) is 23.8 Å². The number of amides is 1. The molecular formula is C17H19NO2. The van der Waals surface area contributed by atoms with Gasteiger partial charge in [0.1, 0.15) is 0 Å². The van der Waals surface area contributed by atoms with E-state index < -0.39 is 0 Å². The van der Waals surface area contributed by atoms with Crippen molar-refractivity contribution in [3.63, 3.8) is 0 Å². The Morgan fingerprint density at radius 1 is 1.00 bits per heavy atom. The van der Waals surface area contributed by atoms with Crippen LogP contribution in [0.2, 0.25) is 0 Å². The quantitative estimate of drug-likeness (QED) is 0.848. The number of carbonyl (C=O) groups is 1. The molecule has 0 fully saturated rings. The molecule has 0 saturated heterocycles. The molecule has 0 spiro atoms. The number of methoxy groups -OCH3 is 1. The minimum Gasteiger partial charge on any atom is -0.453 e. The van der Waals surface area contributed by atoms with Gasteiger partial charge >= 0.3 is 6.09 Å². The zero-order valence-corrected chi connectivity index (χ0v) is 11.9. The lowest BCUT2D eigenvalue weighted by atomic mass is 10.0. The van der Waals surface area contributed by atoms with E-state index in [1.54, 1.807) is 11.9 Å². The van der Waals surface area contributed by atoms with Crippen LogP contribution < -0.4 is 0 Å². The van der Waals surface area contributed by atoms with Crippen LogP contribution in [0.1, 0.15) is 5.56 Å². The maximum absolute atomic E-state index is 11.3. The molecule has 2 aromatic carbocycles. The third-order valence-electron chi connectivity index (χ3n) is 3.28. The highest BCUT2D eigenvalue weighted by atomic mass is 16.5. The van der Waals surface area contributed by atoms with Crippen LogP contribution in [-0.2, 0) is 11.2 Å². The molecular weight excluding hydrogens is 250 g/mol. The Morgan fingerprint density at radius 2 is 1.60 bits per heavy atom. The van der Waals surface area contributed by atoms with Crippen LogP contribution in [0.25, 0.3) is 11.1 Å². The van der Waals surface area contributed by atoms with E-state index in [4.69, 9.17) is 0 Å². The topological polar surface area (TPSA) is 29.5 Å². The summed E-state index contributed by atoms with van der Waals surface area (Å²) in [6.45, 7) is 0.650. The van der Waals surface area contributed by atoms with Crippen LogP contribution in [-0.4, -0.2) is 31.7 Å². The number of benzene rings is 2. The summed E-state index contributed by atoms with van der Waals surface area (Å²) in [7, 11) is 3.14. The van der Waals surface area contributed by atoms with Gasteiger partial charge in [0.05, 0.1) is 7.11 Å². The second kappa shape index (κ2) is 6.75. The molecule has 2 aromatic rings. The largest absolute Gasteiger partial charge is 0.453 e. The summed E-state index contributed by atoms with van der Waals surface area (Å²) >= 11 is 0. The first kappa shape index (κ1) is 14.1. The predicted octanol–water partition coefficient (Wildman–Crippen LogP) is 3.59. The molecule has 0 aliphatic rings. The Labute approximate surface area is 119 Å². The summed E-state index contributed by atoms with van der Waals surface area (Å²) in [5.74, 6) is 0. The molecule has 104 valence electrons. The summed E-state index contributed by atoms with van der Waals surface area (Å²) in [5.41, 5.74) is 3.63. The molecule has 3 heteroatoms. The van der Waals surface area contributed by atoms with Crippen molar-refractivity contribution in [2.45, 2.75) is 6.42 Å². The van der Waals surface area contributed by atoms with Gasteiger partial charge in [0, 0.05) is 13.6 Å². The summed E-state index contributed by atoms with van der Waals surface area (Å²) in [6.07, 6.45) is 0.520. The molecule has 2 rings (SSSR count). The first-order valence-electron chi connectivity index (χ1n) is 6.64. The van der Waals surface area contributed by atoms with Crippen molar-refractivity contribution in [2.24, 2.45) is 0 Å². The SMILES string of the molecule is COC(=O)N(C)CCc1ccc(-c2ccccc2)cc1. The van der Waals surface area contributed by atoms with Gasteiger partial charge in [-0.05, 0) is 23.1 Å². The molecule has 0 saturated carbocycles. The van der Waals surface area contributed by atoms with Crippen LogP contribution in [0.15, 0.2) is 54.6 Å². The highest BCUT2D eigenvalue weighted by Gasteiger charge is 2.07. The van der Waals surface area contributed by atoms with Crippen molar-refractivity contribution in [1.82, 2.24) is 4.90 Å². The predicted molar refractivity (Wildman–Crippen MR) is 80.6 cm³/mol. The zero-order valence-electron chi connectivity index (χ0n) is 11.9. The van der Waals surface area contributed by atoms with E-state index in [0.29, 0.717) is 6.54 Å². The van der Waals surface area contributed by atoms with Gasteiger partial charge in [-0.1, -0.05) is 54.6 Å². The van der Waals surface area contributed by atoms with E-state index in [2.05, 4.69) is 41.1 Å². The van der Waals surface area contributed by atoms with E-state index in [0.717, 1.165) is 6.42 Å². The van der Waals surface area contributed by atoms with Gasteiger partial charge in [0.25, 0.3) is 0 Å². The summed E-state index contributed by atoms with van der Waals surface area (Å²) in [6, 6.07) is 18.7. The minimum atomic E-state index is -0.300. The Hall–Kier alpha value is -2.29. The van der Waals surface area contributed by atoms with E-state index >= 15 is 0 Å². The molecule has 0 aliphatic carbocycles. The van der Waals surface area contributed by atoms with Crippen molar-refractivity contribution < 1.29 is 9.53 Å². The first-order chi connectivity index (χ1) is 9.70. The van der Waals surface area contributed by atoms with Crippen molar-refractivity contribution in [3.8, 4) is 11.1 Å². The summed E-state index contributed by atoms with van der Waals surface area (Å²) < 4.78 is 4.66. The first-order valence-corrected chi connectivity index (χ1v) is 6.64. The number of ether oxygens (including phenoxy) is 1. The number of hydrogen-bond donors (Lipinski definition) is 0. The standard InChI is InChI=1S/C17H19NO2/c1-18(17(19)20-2)13-12-14-8-10-16(11-9-14)15-6-4-3-5-7-15/h3-11H,12-13H2,1-2H3. The fourth-order valence-corrected chi connectivity index (χ4v) is 2.04. The van der Waals surface area contributed by atoms with Gasteiger partial charge in [-0.25, -0.2) is 4.79 Å². The molecule has 0 N–H and O–H groups in total. The third kappa shape index (κ3) is 3.60. The van der Waals surface area contributed by atoms with E-state index in [9.17, 15) is 4.79 Å². The number of carbonyl (C=O) groups excluding carboxylic acids is 1. The lowest BCUT2D eigenvalue weighted by Crippen LogP contribution is -2.28. The normalized spacial score (nSPS) is 10.1. The average Bonchev–Trinajstić information content (AvgIpc) is 2.53. The molecule has 1 amide bonds. The molecule has 0 aromatic heterocycles. The summed E-state index contributed by atoms with van der Waals surface area (Å²) in [4.78, 5) is 12.9. The van der Waals surface area contributed by atoms with Crippen LogP contribution in [0.4, 0.5) is 4.79 Å². The minimum absolute atomic E-state index is 0.300. The lowest BCUT2D eigenvalue weighted by Gasteiger charge is -2.15. The molecule has 0 heterocycles. The number of rotatable bonds is 4. The van der Waals surface area contributed by atoms with E-state index in [-0.39, 0.29) is 6.09 Å². The van der Waals surface area contributed by atoms with Gasteiger partial charge in [0.15, 0.2) is 0 Å². The Balaban J connectivity index is 1.97. The second-order valence-corrected chi connectivity index (χ2v) is 4.70. The van der Waals surface area contributed by atoms with Crippen molar-refractivity contribution in [2.75, 3.05) is 20.7 Å². The molecule has 20 heavy (non-hydrogen) atoms. The Morgan fingerprint density at radius 3 is 2.20 bits per heavy atom. The zero-order chi connectivity index (χ0) is 14.4. The fraction of sp³-hybridized carbons (Fsp3) is 0.235. The molecule has 0 radical (unpaired) electrons. The van der Waals surface area contributed by atoms with Gasteiger partial charge in [-0.15, -0.1) is 0 Å². The van der Waals surface area contributed by atoms with Gasteiger partial charge in [-0.2, -0.15) is 0 Å². The van der Waals surface area contributed by atoms with Crippen molar-refractivity contribution >= 4 is 6.09 Å². The van der Waals surface area contributed by atoms with Crippen LogP contribution in [0, 0.1) is 0 Å². The van der Waals surface area contributed by atoms with Gasteiger partial charge < -0.3 is 9.64 Å². The van der Waals surface area contributed by atoms with Gasteiger partial charge in [0.2, 0.25) is 0 Å². The molecule has 0 bridgehead atoms. The second-order valence-electron chi connectivity index (χ2n) is 4.70. The Kier molecular flexibility index (Phi) is 4.77. The van der Waals surface area contributed by atoms with Gasteiger partial charge in [-0.3, -0.25) is 0 Å². The number of likely N-dealkylation sites (N-methyl/N-ethyl adjacent to an activating group) is 1. The third-order valence-corrected chi connectivity index (χ3v) is 3.28. The van der Waals surface area contributed by atoms with Crippen molar-refractivity contribution in [3.05, 3.63) is 60.2 Å². The average molecular weight is 269 g/mol. The van der Waals surface area contributed by atoms with Crippen LogP contribution >= 0.6 is 0 Å². The molecule has 0 unspecified atom stereocenters. The summed E-state index contributed by atoms with van der Waals surface area (Å²) in [5, 5.41) is 0. The number of nitrogens with zero attached hydrogens (tertiary/aromatic N) is 1.